The van der Waals surface area contributed by atoms with Gasteiger partial charge >= 0.3 is 6.36 Å². The van der Waals surface area contributed by atoms with E-state index in [1.165, 1.54) is 18.2 Å². The molecule has 0 saturated heterocycles. The van der Waals surface area contributed by atoms with Crippen LogP contribution >= 0.6 is 0 Å². The summed E-state index contributed by atoms with van der Waals surface area (Å²) in [5.74, 6) is -0.828. The molecule has 6 heteroatoms. The van der Waals surface area contributed by atoms with Crippen molar-refractivity contribution in [2.75, 3.05) is 6.54 Å². The van der Waals surface area contributed by atoms with Crippen molar-refractivity contribution in [3.63, 3.8) is 0 Å². The van der Waals surface area contributed by atoms with Gasteiger partial charge in [-0.1, -0.05) is 12.1 Å². The molecular formula is C12H14F3NO2. The molecule has 0 radical (unpaired) electrons. The molecule has 1 aromatic carbocycles. The van der Waals surface area contributed by atoms with Gasteiger partial charge in [0.25, 0.3) is 0 Å². The highest BCUT2D eigenvalue weighted by atomic mass is 19.4. The third kappa shape index (κ3) is 4.75. The van der Waals surface area contributed by atoms with Gasteiger partial charge in [-0.15, -0.1) is 13.2 Å². The van der Waals surface area contributed by atoms with Crippen LogP contribution in [0.2, 0.25) is 0 Å². The van der Waals surface area contributed by atoms with Crippen molar-refractivity contribution in [2.45, 2.75) is 25.6 Å². The van der Waals surface area contributed by atoms with Crippen LogP contribution < -0.4 is 10.5 Å². The van der Waals surface area contributed by atoms with Gasteiger partial charge in [0.05, 0.1) is 5.56 Å². The fraction of sp³-hybridized carbons (Fsp3) is 0.417. The van der Waals surface area contributed by atoms with Crippen molar-refractivity contribution < 1.29 is 22.7 Å². The average Bonchev–Trinajstić information content (AvgIpc) is 2.27. The Morgan fingerprint density at radius 1 is 1.22 bits per heavy atom. The smallest absolute Gasteiger partial charge is 0.405 e. The molecule has 0 aliphatic carbocycles. The zero-order chi connectivity index (χ0) is 13.6. The average molecular weight is 261 g/mol. The van der Waals surface area contributed by atoms with Crippen molar-refractivity contribution in [3.8, 4) is 5.75 Å². The van der Waals surface area contributed by atoms with Crippen molar-refractivity contribution in [1.29, 1.82) is 0 Å². The van der Waals surface area contributed by atoms with E-state index in [1.54, 1.807) is 0 Å². The topological polar surface area (TPSA) is 52.3 Å². The Bertz CT molecular complexity index is 405. The fourth-order valence-electron chi connectivity index (χ4n) is 1.48. The largest absolute Gasteiger partial charge is 0.573 e. The molecule has 0 aliphatic rings. The van der Waals surface area contributed by atoms with Gasteiger partial charge in [-0.05, 0) is 31.5 Å². The molecule has 0 fully saturated rings. The summed E-state index contributed by atoms with van der Waals surface area (Å²) in [5, 5.41) is 0. The summed E-state index contributed by atoms with van der Waals surface area (Å²) >= 11 is 0. The molecule has 1 aromatic rings. The first kappa shape index (κ1) is 14.5. The van der Waals surface area contributed by atoms with Gasteiger partial charge in [-0.25, -0.2) is 0 Å². The number of Topliss-reactive ketones (excluding diaryl/α,β-unsaturated/α-hetero) is 1. The number of ketones is 1. The Hall–Kier alpha value is -1.56. The number of carbonyl (C=O) groups excluding carboxylic acids is 1. The predicted molar refractivity (Wildman–Crippen MR) is 60.4 cm³/mol. The van der Waals surface area contributed by atoms with Crippen molar-refractivity contribution in [3.05, 3.63) is 29.8 Å². The minimum absolute atomic E-state index is 0.0492. The number of alkyl halides is 3. The highest BCUT2D eigenvalue weighted by molar-refractivity contribution is 5.98. The standard InChI is InChI=1S/C12H14F3NO2/c13-12(14,15)18-11-7-2-1-5-9(11)10(17)6-3-4-8-16/h1-2,5,7H,3-4,6,8,16H2. The molecule has 18 heavy (non-hydrogen) atoms. The van der Waals surface area contributed by atoms with Crippen molar-refractivity contribution in [1.82, 2.24) is 0 Å². The first-order valence-corrected chi connectivity index (χ1v) is 5.52. The van der Waals surface area contributed by atoms with E-state index in [4.69, 9.17) is 5.73 Å². The normalized spacial score (nSPS) is 11.3. The molecule has 0 spiro atoms. The van der Waals surface area contributed by atoms with Gasteiger partial charge in [0, 0.05) is 6.42 Å². The molecule has 0 atom stereocenters. The third-order valence-electron chi connectivity index (χ3n) is 2.27. The van der Waals surface area contributed by atoms with Crippen LogP contribution in [0.3, 0.4) is 0 Å². The highest BCUT2D eigenvalue weighted by Gasteiger charge is 2.32. The molecule has 2 N–H and O–H groups in total. The summed E-state index contributed by atoms with van der Waals surface area (Å²) in [5.41, 5.74) is 5.23. The van der Waals surface area contributed by atoms with Gasteiger partial charge in [-0.2, -0.15) is 0 Å². The Labute approximate surface area is 103 Å². The number of para-hydroxylation sites is 1. The SMILES string of the molecule is NCCCCC(=O)c1ccccc1OC(F)(F)F. The van der Waals surface area contributed by atoms with Crippen LogP contribution in [0.25, 0.3) is 0 Å². The van der Waals surface area contributed by atoms with Crippen LogP contribution in [0.4, 0.5) is 13.2 Å². The van der Waals surface area contributed by atoms with Crippen LogP contribution in [0, 0.1) is 0 Å². The lowest BCUT2D eigenvalue weighted by Gasteiger charge is -2.12. The summed E-state index contributed by atoms with van der Waals surface area (Å²) in [6.45, 7) is 0.452. The molecule has 100 valence electrons. The fourth-order valence-corrected chi connectivity index (χ4v) is 1.48. The summed E-state index contributed by atoms with van der Waals surface area (Å²) < 4.78 is 40.2. The molecule has 0 aliphatic heterocycles. The second-order valence-corrected chi connectivity index (χ2v) is 3.71. The van der Waals surface area contributed by atoms with E-state index < -0.39 is 12.1 Å². The van der Waals surface area contributed by atoms with Crippen LogP contribution in [0.15, 0.2) is 24.3 Å². The maximum atomic E-state index is 12.1. The van der Waals surface area contributed by atoms with Gasteiger partial charge < -0.3 is 10.5 Å². The van der Waals surface area contributed by atoms with E-state index in [9.17, 15) is 18.0 Å². The Balaban J connectivity index is 2.78. The molecule has 1 rings (SSSR count). The number of hydrogen-bond donors (Lipinski definition) is 1. The van der Waals surface area contributed by atoms with Crippen LogP contribution in [-0.2, 0) is 0 Å². The van der Waals surface area contributed by atoms with Gasteiger partial charge in [0.2, 0.25) is 0 Å². The summed E-state index contributed by atoms with van der Waals surface area (Å²) in [6.07, 6.45) is -3.42. The van der Waals surface area contributed by atoms with Gasteiger partial charge in [0.1, 0.15) is 5.75 Å². The lowest BCUT2D eigenvalue weighted by molar-refractivity contribution is -0.274. The zero-order valence-corrected chi connectivity index (χ0v) is 9.67. The number of nitrogens with two attached hydrogens (primary N) is 1. The number of carbonyl (C=O) groups is 1. The first-order chi connectivity index (χ1) is 8.44. The quantitative estimate of drug-likeness (QED) is 0.632. The third-order valence-corrected chi connectivity index (χ3v) is 2.27. The zero-order valence-electron chi connectivity index (χ0n) is 9.67. The number of unbranched alkanes of at least 4 members (excludes halogenated alkanes) is 1. The van der Waals surface area contributed by atoms with E-state index in [2.05, 4.69) is 4.74 Å². The van der Waals surface area contributed by atoms with E-state index in [0.717, 1.165) is 6.07 Å². The second-order valence-electron chi connectivity index (χ2n) is 3.71. The lowest BCUT2D eigenvalue weighted by atomic mass is 10.0. The first-order valence-electron chi connectivity index (χ1n) is 5.52. The summed E-state index contributed by atoms with van der Waals surface area (Å²) in [4.78, 5) is 11.7. The molecule has 3 nitrogen and oxygen atoms in total. The Morgan fingerprint density at radius 3 is 2.50 bits per heavy atom. The number of benzene rings is 1. The number of rotatable bonds is 6. The monoisotopic (exact) mass is 261 g/mol. The number of halogens is 3. The Morgan fingerprint density at radius 2 is 1.89 bits per heavy atom. The van der Waals surface area contributed by atoms with E-state index in [1.807, 2.05) is 0 Å². The highest BCUT2D eigenvalue weighted by Crippen LogP contribution is 2.27. The molecule has 0 bridgehead atoms. The van der Waals surface area contributed by atoms with Gasteiger partial charge in [-0.3, -0.25) is 4.79 Å². The maximum Gasteiger partial charge on any atom is 0.573 e. The van der Waals surface area contributed by atoms with Crippen molar-refractivity contribution >= 4 is 5.78 Å². The minimum atomic E-state index is -4.80. The molecule has 0 heterocycles. The molecule has 0 unspecified atom stereocenters. The lowest BCUT2D eigenvalue weighted by Crippen LogP contribution is -2.19. The van der Waals surface area contributed by atoms with Gasteiger partial charge in [0.15, 0.2) is 5.78 Å². The number of hydrogen-bond acceptors (Lipinski definition) is 3. The van der Waals surface area contributed by atoms with Crippen LogP contribution in [0.5, 0.6) is 5.75 Å². The minimum Gasteiger partial charge on any atom is -0.405 e. The molecular weight excluding hydrogens is 247 g/mol. The predicted octanol–water partition coefficient (Wildman–Crippen LogP) is 2.90. The van der Waals surface area contributed by atoms with E-state index in [0.29, 0.717) is 19.4 Å². The molecule has 0 aromatic heterocycles. The number of ether oxygens (including phenoxy) is 1. The van der Waals surface area contributed by atoms with Crippen LogP contribution in [-0.4, -0.2) is 18.7 Å². The molecule has 0 amide bonds. The van der Waals surface area contributed by atoms with Crippen LogP contribution in [0.1, 0.15) is 29.6 Å². The molecule has 0 saturated carbocycles. The second kappa shape index (κ2) is 6.39. The van der Waals surface area contributed by atoms with Crippen molar-refractivity contribution in [2.24, 2.45) is 5.73 Å². The van der Waals surface area contributed by atoms with E-state index >= 15 is 0 Å². The van der Waals surface area contributed by atoms with E-state index in [-0.39, 0.29) is 17.8 Å². The summed E-state index contributed by atoms with van der Waals surface area (Å²) in [6, 6.07) is 5.34. The Kier molecular flexibility index (Phi) is 5.15. The maximum absolute atomic E-state index is 12.1. The summed E-state index contributed by atoms with van der Waals surface area (Å²) in [7, 11) is 0.